The molecular formula is C78H48N8S. The van der Waals surface area contributed by atoms with Gasteiger partial charge in [-0.2, -0.15) is 0 Å². The van der Waals surface area contributed by atoms with Gasteiger partial charge in [0, 0.05) is 86.5 Å². The van der Waals surface area contributed by atoms with E-state index in [9.17, 15) is 0 Å². The average molecular weight is 1130 g/mol. The van der Waals surface area contributed by atoms with E-state index in [-0.39, 0.29) is 0 Å². The first kappa shape index (κ1) is 50.0. The summed E-state index contributed by atoms with van der Waals surface area (Å²) in [6, 6.07) is 102. The third-order valence-electron chi connectivity index (χ3n) is 16.7. The molecule has 8 nitrogen and oxygen atoms in total. The van der Waals surface area contributed by atoms with Gasteiger partial charge in [0.2, 0.25) is 0 Å². The molecule has 0 aliphatic heterocycles. The van der Waals surface area contributed by atoms with Crippen LogP contribution in [0.1, 0.15) is 0 Å². The van der Waals surface area contributed by atoms with Crippen LogP contribution in [0.4, 0.5) is 0 Å². The summed E-state index contributed by atoms with van der Waals surface area (Å²) in [5, 5.41) is 7.47. The molecule has 0 atom stereocenters. The summed E-state index contributed by atoms with van der Waals surface area (Å²) in [7, 11) is 0. The van der Waals surface area contributed by atoms with Gasteiger partial charge in [-0.3, -0.25) is 0 Å². The lowest BCUT2D eigenvalue weighted by Crippen LogP contribution is -2.01. The first-order valence-corrected chi connectivity index (χ1v) is 29.9. The van der Waals surface area contributed by atoms with Crippen LogP contribution < -0.4 is 0 Å². The molecule has 9 heteroatoms. The number of fused-ring (bicyclic) bond motifs is 9. The van der Waals surface area contributed by atoms with Gasteiger partial charge in [-0.15, -0.1) is 11.3 Å². The topological polar surface area (TPSA) is 87.2 Å². The molecule has 0 N–H and O–H groups in total. The van der Waals surface area contributed by atoms with Gasteiger partial charge in [0.25, 0.3) is 0 Å². The van der Waals surface area contributed by atoms with E-state index in [1.54, 1.807) is 0 Å². The lowest BCUT2D eigenvalue weighted by Gasteiger charge is -2.12. The van der Waals surface area contributed by atoms with E-state index in [1.165, 1.54) is 52.8 Å². The minimum Gasteiger partial charge on any atom is -0.309 e. The lowest BCUT2D eigenvalue weighted by atomic mass is 10.0. The zero-order chi connectivity index (χ0) is 57.4. The van der Waals surface area contributed by atoms with Gasteiger partial charge in [0.1, 0.15) is 0 Å². The Labute approximate surface area is 504 Å². The molecule has 0 aliphatic rings. The maximum absolute atomic E-state index is 5.21. The number of aromatic nitrogens is 8. The molecule has 0 spiro atoms. The maximum Gasteiger partial charge on any atom is 0.164 e. The maximum atomic E-state index is 5.21. The summed E-state index contributed by atoms with van der Waals surface area (Å²) < 4.78 is 7.30. The average Bonchev–Trinajstić information content (AvgIpc) is 4.09. The Morgan fingerprint density at radius 3 is 1.10 bits per heavy atom. The Morgan fingerprint density at radius 2 is 0.575 bits per heavy atom. The number of thiophene rings is 1. The number of hydrogen-bond acceptors (Lipinski definition) is 7. The van der Waals surface area contributed by atoms with E-state index < -0.39 is 0 Å². The molecule has 0 unspecified atom stereocenters. The zero-order valence-corrected chi connectivity index (χ0v) is 47.5. The smallest absolute Gasteiger partial charge is 0.164 e. The van der Waals surface area contributed by atoms with Crippen LogP contribution in [0.3, 0.4) is 0 Å². The summed E-state index contributed by atoms with van der Waals surface area (Å²) in [6.45, 7) is 0. The van der Waals surface area contributed by atoms with Crippen molar-refractivity contribution in [1.29, 1.82) is 0 Å². The van der Waals surface area contributed by atoms with E-state index >= 15 is 0 Å². The van der Waals surface area contributed by atoms with Crippen LogP contribution in [0.25, 0.3) is 166 Å². The van der Waals surface area contributed by atoms with Crippen molar-refractivity contribution in [3.63, 3.8) is 0 Å². The monoisotopic (exact) mass is 1130 g/mol. The van der Waals surface area contributed by atoms with Crippen LogP contribution >= 0.6 is 11.3 Å². The summed E-state index contributed by atoms with van der Waals surface area (Å²) in [5.74, 6) is 3.57. The number of rotatable bonds is 10. The molecule has 0 fully saturated rings. The number of nitrogens with zero attached hydrogens (tertiary/aromatic N) is 8. The Bertz CT molecular complexity index is 5440. The molecule has 0 radical (unpaired) electrons. The summed E-state index contributed by atoms with van der Waals surface area (Å²) in [4.78, 5) is 30.7. The molecule has 406 valence electrons. The highest BCUT2D eigenvalue weighted by Crippen LogP contribution is 2.43. The second-order valence-corrected chi connectivity index (χ2v) is 22.9. The van der Waals surface area contributed by atoms with Gasteiger partial charge in [0.05, 0.1) is 22.1 Å². The predicted molar refractivity (Wildman–Crippen MR) is 358 cm³/mol. The predicted octanol–water partition coefficient (Wildman–Crippen LogP) is 20.0. The molecule has 5 aromatic heterocycles. The van der Waals surface area contributed by atoms with Crippen molar-refractivity contribution < 1.29 is 0 Å². The fourth-order valence-corrected chi connectivity index (χ4v) is 13.7. The molecule has 0 saturated heterocycles. The fourth-order valence-electron chi connectivity index (χ4n) is 12.5. The van der Waals surface area contributed by atoms with E-state index in [0.29, 0.717) is 34.9 Å². The number of hydrogen-bond donors (Lipinski definition) is 0. The van der Waals surface area contributed by atoms with Crippen molar-refractivity contribution in [2.75, 3.05) is 0 Å². The van der Waals surface area contributed by atoms with Crippen molar-refractivity contribution in [1.82, 2.24) is 39.0 Å². The Balaban J connectivity index is 0.690. The first-order chi connectivity index (χ1) is 43.1. The van der Waals surface area contributed by atoms with Gasteiger partial charge in [-0.1, -0.05) is 200 Å². The Kier molecular flexibility index (Phi) is 11.9. The van der Waals surface area contributed by atoms with E-state index in [1.807, 2.05) is 72.0 Å². The van der Waals surface area contributed by atoms with Crippen LogP contribution in [0.2, 0.25) is 0 Å². The van der Waals surface area contributed by atoms with E-state index in [0.717, 1.165) is 77.9 Å². The van der Waals surface area contributed by atoms with Gasteiger partial charge in [0.15, 0.2) is 34.9 Å². The first-order valence-electron chi connectivity index (χ1n) is 29.1. The third-order valence-corrected chi connectivity index (χ3v) is 17.9. The van der Waals surface area contributed by atoms with Crippen molar-refractivity contribution in [3.8, 4) is 102 Å². The van der Waals surface area contributed by atoms with Crippen LogP contribution in [0, 0.1) is 0 Å². The SMILES string of the molecule is c1ccc(-c2nc(-c3ccc(-c4cccc(-c5nc(-c6ccccc6)nc(-c6ccc(-n7c8ccccc8c8cc(-c9cccc%10c9sc9ccccc9%10)ccc87)cc6)n5)c4)cc3)nc(-c3ccc(-n4c5ccccc5c5ccccc54)cc3)n2)cc1. The largest absolute Gasteiger partial charge is 0.309 e. The van der Waals surface area contributed by atoms with Crippen LogP contribution in [-0.2, 0) is 0 Å². The molecule has 0 amide bonds. The van der Waals surface area contributed by atoms with Crippen LogP contribution in [-0.4, -0.2) is 39.0 Å². The summed E-state index contributed by atoms with van der Waals surface area (Å²) >= 11 is 1.87. The molecule has 12 aromatic carbocycles. The highest BCUT2D eigenvalue weighted by Gasteiger charge is 2.20. The summed E-state index contributed by atoms with van der Waals surface area (Å²) in [5.41, 5.74) is 16.6. The van der Waals surface area contributed by atoms with Crippen molar-refractivity contribution in [2.45, 2.75) is 0 Å². The highest BCUT2D eigenvalue weighted by atomic mass is 32.1. The lowest BCUT2D eigenvalue weighted by molar-refractivity contribution is 1.07. The highest BCUT2D eigenvalue weighted by molar-refractivity contribution is 7.26. The normalized spacial score (nSPS) is 11.7. The quantitative estimate of drug-likeness (QED) is 0.136. The standard InChI is InChI=1S/C78H48N8S/c1-3-17-50(18-4-1)73-79-75(82-76(80-73)53-37-42-58(43-38-53)85-67-29-11-7-23-61(67)62-24-8-12-30-68(62)85)52-35-33-49(34-36-52)55-21-15-22-57(47-55)78-83-74(51-19-5-2-6-20-51)81-77(84-78)54-39-44-59(45-40-54)86-69-31-13-9-25-63(69)66-48-56(41-46-70(66)86)60-27-16-28-65-64-26-10-14-32-71(64)87-72(60)65/h1-48H. The van der Waals surface area contributed by atoms with Crippen molar-refractivity contribution in [2.24, 2.45) is 0 Å². The molecule has 5 heterocycles. The van der Waals surface area contributed by atoms with Gasteiger partial charge < -0.3 is 9.13 Å². The second-order valence-electron chi connectivity index (χ2n) is 21.8. The van der Waals surface area contributed by atoms with Gasteiger partial charge in [-0.05, 0) is 113 Å². The molecule has 0 saturated carbocycles. The number of benzene rings is 12. The Morgan fingerprint density at radius 1 is 0.218 bits per heavy atom. The summed E-state index contributed by atoms with van der Waals surface area (Å²) in [6.07, 6.45) is 0. The van der Waals surface area contributed by atoms with Crippen LogP contribution in [0.5, 0.6) is 0 Å². The molecule has 0 bridgehead atoms. The van der Waals surface area contributed by atoms with E-state index in [4.69, 9.17) is 29.9 Å². The third kappa shape index (κ3) is 8.75. The number of para-hydroxylation sites is 3. The Hall–Kier alpha value is -11.5. The minimum atomic E-state index is 0.584. The van der Waals surface area contributed by atoms with Crippen molar-refractivity contribution in [3.05, 3.63) is 291 Å². The fraction of sp³-hybridized carbons (Fsp3) is 0. The molecular weight excluding hydrogens is 1080 g/mol. The van der Waals surface area contributed by atoms with Gasteiger partial charge >= 0.3 is 0 Å². The van der Waals surface area contributed by atoms with E-state index in [2.05, 4.69) is 240 Å². The minimum absolute atomic E-state index is 0.584. The molecule has 17 aromatic rings. The van der Waals surface area contributed by atoms with Crippen LogP contribution in [0.15, 0.2) is 291 Å². The molecule has 0 aliphatic carbocycles. The van der Waals surface area contributed by atoms with Crippen molar-refractivity contribution >= 4 is 75.1 Å². The van der Waals surface area contributed by atoms with Gasteiger partial charge in [-0.25, -0.2) is 29.9 Å². The molecule has 87 heavy (non-hydrogen) atoms. The second kappa shape index (κ2) is 20.7. The molecule has 17 rings (SSSR count). The zero-order valence-electron chi connectivity index (χ0n) is 46.7.